The zero-order valence-electron chi connectivity index (χ0n) is 9.25. The number of nitrogen functional groups attached to an aromatic ring is 2. The number of unbranched alkanes of at least 4 members (excludes halogenated alkanes) is 3. The van der Waals surface area contributed by atoms with E-state index in [9.17, 15) is 0 Å². The summed E-state index contributed by atoms with van der Waals surface area (Å²) in [6, 6.07) is 1.54. The number of alkyl halides is 1. The van der Waals surface area contributed by atoms with Gasteiger partial charge in [-0.05, 0) is 12.8 Å². The summed E-state index contributed by atoms with van der Waals surface area (Å²) in [7, 11) is 0. The highest BCUT2D eigenvalue weighted by atomic mass is 79.9. The maximum atomic E-state index is 5.55. The summed E-state index contributed by atoms with van der Waals surface area (Å²) in [5.41, 5.74) is 11.1. The van der Waals surface area contributed by atoms with Gasteiger partial charge in [0, 0.05) is 17.9 Å². The van der Waals surface area contributed by atoms with Gasteiger partial charge in [0.1, 0.15) is 11.6 Å². The largest absolute Gasteiger partial charge is 0.383 e. The number of nitrogens with zero attached hydrogens (tertiary/aromatic N) is 2. The summed E-state index contributed by atoms with van der Waals surface area (Å²) < 4.78 is 0. The average molecular weight is 288 g/mol. The van der Waals surface area contributed by atoms with Gasteiger partial charge in [-0.1, -0.05) is 28.8 Å². The Morgan fingerprint density at radius 3 is 2.31 bits per heavy atom. The predicted molar refractivity (Wildman–Crippen MR) is 71.6 cm³/mol. The van der Waals surface area contributed by atoms with Crippen LogP contribution < -0.4 is 16.8 Å². The molecular weight excluding hydrogens is 270 g/mol. The first-order valence-corrected chi connectivity index (χ1v) is 6.54. The molecule has 0 amide bonds. The first-order chi connectivity index (χ1) is 7.72. The Kier molecular flexibility index (Phi) is 5.92. The second-order valence-electron chi connectivity index (χ2n) is 3.57. The van der Waals surface area contributed by atoms with Gasteiger partial charge >= 0.3 is 0 Å². The van der Waals surface area contributed by atoms with Crippen LogP contribution in [-0.2, 0) is 0 Å². The molecule has 16 heavy (non-hydrogen) atoms. The van der Waals surface area contributed by atoms with Crippen LogP contribution in [0.5, 0.6) is 0 Å². The van der Waals surface area contributed by atoms with Crippen molar-refractivity contribution in [2.24, 2.45) is 0 Å². The van der Waals surface area contributed by atoms with E-state index in [1.165, 1.54) is 19.3 Å². The zero-order chi connectivity index (χ0) is 11.8. The molecule has 1 aromatic rings. The van der Waals surface area contributed by atoms with Crippen LogP contribution in [0.4, 0.5) is 17.6 Å². The van der Waals surface area contributed by atoms with Gasteiger partial charge in [-0.2, -0.15) is 9.97 Å². The molecule has 90 valence electrons. The first kappa shape index (κ1) is 13.0. The van der Waals surface area contributed by atoms with Crippen LogP contribution in [0.1, 0.15) is 25.7 Å². The minimum atomic E-state index is 0.397. The first-order valence-electron chi connectivity index (χ1n) is 5.42. The van der Waals surface area contributed by atoms with E-state index in [0.29, 0.717) is 17.6 Å². The Labute approximate surface area is 104 Å². The molecule has 0 aliphatic heterocycles. The average Bonchev–Trinajstić information content (AvgIpc) is 2.22. The molecule has 1 rings (SSSR count). The predicted octanol–water partition coefficient (Wildman–Crippen LogP) is 2.01. The number of nitrogens with two attached hydrogens (primary N) is 2. The molecule has 0 spiro atoms. The van der Waals surface area contributed by atoms with E-state index in [2.05, 4.69) is 31.2 Å². The lowest BCUT2D eigenvalue weighted by molar-refractivity contribution is 0.689. The molecule has 0 saturated carbocycles. The molecule has 0 aromatic carbocycles. The maximum absolute atomic E-state index is 5.55. The third kappa shape index (κ3) is 5.16. The number of rotatable bonds is 7. The Hall–Kier alpha value is -1.04. The van der Waals surface area contributed by atoms with E-state index in [0.717, 1.165) is 18.3 Å². The van der Waals surface area contributed by atoms with Gasteiger partial charge in [0.05, 0.1) is 0 Å². The van der Waals surface area contributed by atoms with Crippen molar-refractivity contribution in [3.63, 3.8) is 0 Å². The highest BCUT2D eigenvalue weighted by Gasteiger charge is 1.98. The molecule has 0 aliphatic carbocycles. The normalized spacial score (nSPS) is 10.3. The van der Waals surface area contributed by atoms with Crippen LogP contribution in [-0.4, -0.2) is 21.8 Å². The summed E-state index contributed by atoms with van der Waals surface area (Å²) in [5, 5.41) is 4.19. The molecule has 1 heterocycles. The van der Waals surface area contributed by atoms with Crippen LogP contribution in [0.25, 0.3) is 0 Å². The fraction of sp³-hybridized carbons (Fsp3) is 0.600. The van der Waals surface area contributed by atoms with Crippen molar-refractivity contribution >= 4 is 33.5 Å². The van der Waals surface area contributed by atoms with E-state index in [1.54, 1.807) is 6.07 Å². The van der Waals surface area contributed by atoms with Gasteiger partial charge in [0.2, 0.25) is 5.95 Å². The third-order valence-electron chi connectivity index (χ3n) is 2.11. The molecule has 0 atom stereocenters. The van der Waals surface area contributed by atoms with Crippen LogP contribution in [0.2, 0.25) is 0 Å². The molecule has 5 N–H and O–H groups in total. The number of hydrogen-bond acceptors (Lipinski definition) is 5. The van der Waals surface area contributed by atoms with E-state index in [-0.39, 0.29) is 0 Å². The van der Waals surface area contributed by atoms with Crippen LogP contribution >= 0.6 is 15.9 Å². The number of hydrogen-bond donors (Lipinski definition) is 3. The Balaban J connectivity index is 2.21. The monoisotopic (exact) mass is 287 g/mol. The van der Waals surface area contributed by atoms with Crippen LogP contribution in [0.15, 0.2) is 6.07 Å². The smallest absolute Gasteiger partial charge is 0.226 e. The van der Waals surface area contributed by atoms with Crippen molar-refractivity contribution in [1.82, 2.24) is 9.97 Å². The van der Waals surface area contributed by atoms with Crippen molar-refractivity contribution in [2.45, 2.75) is 25.7 Å². The summed E-state index contributed by atoms with van der Waals surface area (Å²) in [6.07, 6.45) is 4.77. The summed E-state index contributed by atoms with van der Waals surface area (Å²) >= 11 is 3.41. The molecule has 0 bridgehead atoms. The summed E-state index contributed by atoms with van der Waals surface area (Å²) in [5.74, 6) is 1.31. The SMILES string of the molecule is Nc1cc(N)nc(NCCCCCCBr)n1. The van der Waals surface area contributed by atoms with E-state index >= 15 is 0 Å². The lowest BCUT2D eigenvalue weighted by Gasteiger charge is -2.05. The summed E-state index contributed by atoms with van der Waals surface area (Å²) in [6.45, 7) is 0.852. The molecule has 0 radical (unpaired) electrons. The van der Waals surface area contributed by atoms with E-state index < -0.39 is 0 Å². The molecule has 5 nitrogen and oxygen atoms in total. The second kappa shape index (κ2) is 7.27. The van der Waals surface area contributed by atoms with Gasteiger partial charge in [-0.3, -0.25) is 0 Å². The Morgan fingerprint density at radius 2 is 1.69 bits per heavy atom. The number of anilines is 3. The lowest BCUT2D eigenvalue weighted by Crippen LogP contribution is -2.08. The van der Waals surface area contributed by atoms with Gasteiger partial charge < -0.3 is 16.8 Å². The molecule has 0 saturated heterocycles. The molecule has 6 heteroatoms. The van der Waals surface area contributed by atoms with Crippen molar-refractivity contribution in [1.29, 1.82) is 0 Å². The highest BCUT2D eigenvalue weighted by Crippen LogP contribution is 2.08. The van der Waals surface area contributed by atoms with Gasteiger partial charge in [0.15, 0.2) is 0 Å². The van der Waals surface area contributed by atoms with Crippen molar-refractivity contribution < 1.29 is 0 Å². The van der Waals surface area contributed by atoms with Crippen LogP contribution in [0.3, 0.4) is 0 Å². The van der Waals surface area contributed by atoms with Gasteiger partial charge in [0.25, 0.3) is 0 Å². The van der Waals surface area contributed by atoms with Gasteiger partial charge in [-0.25, -0.2) is 0 Å². The number of aromatic nitrogens is 2. The molecule has 1 aromatic heterocycles. The van der Waals surface area contributed by atoms with Crippen molar-refractivity contribution in [2.75, 3.05) is 28.7 Å². The maximum Gasteiger partial charge on any atom is 0.226 e. The van der Waals surface area contributed by atoms with Crippen molar-refractivity contribution in [3.05, 3.63) is 6.07 Å². The van der Waals surface area contributed by atoms with Crippen LogP contribution in [0, 0.1) is 0 Å². The highest BCUT2D eigenvalue weighted by molar-refractivity contribution is 9.09. The Morgan fingerprint density at radius 1 is 1.06 bits per heavy atom. The number of halogens is 1. The zero-order valence-corrected chi connectivity index (χ0v) is 10.8. The van der Waals surface area contributed by atoms with Crippen molar-refractivity contribution in [3.8, 4) is 0 Å². The second-order valence-corrected chi connectivity index (χ2v) is 4.36. The molecule has 0 aliphatic rings. The molecule has 0 fully saturated rings. The van der Waals surface area contributed by atoms with Gasteiger partial charge in [-0.15, -0.1) is 0 Å². The van der Waals surface area contributed by atoms with E-state index in [4.69, 9.17) is 11.5 Å². The standard InChI is InChI=1S/C10H18BrN5/c11-5-3-1-2-4-6-14-10-15-8(12)7-9(13)16-10/h7H,1-6H2,(H5,12,13,14,15,16). The Bertz CT molecular complexity index is 298. The fourth-order valence-corrected chi connectivity index (χ4v) is 1.73. The fourth-order valence-electron chi connectivity index (χ4n) is 1.34. The summed E-state index contributed by atoms with van der Waals surface area (Å²) in [4.78, 5) is 8.07. The molecular formula is C10H18BrN5. The molecule has 0 unspecified atom stereocenters. The lowest BCUT2D eigenvalue weighted by atomic mass is 10.2. The minimum absolute atomic E-state index is 0.397. The quantitative estimate of drug-likeness (QED) is 0.527. The minimum Gasteiger partial charge on any atom is -0.383 e. The van der Waals surface area contributed by atoms with E-state index in [1.807, 2.05) is 0 Å². The third-order valence-corrected chi connectivity index (χ3v) is 2.67. The topological polar surface area (TPSA) is 89.9 Å². The number of nitrogens with one attached hydrogen (secondary N) is 1.